The van der Waals surface area contributed by atoms with Gasteiger partial charge in [-0.3, -0.25) is 0 Å². The number of thiophene rings is 1. The van der Waals surface area contributed by atoms with E-state index in [9.17, 15) is 8.78 Å². The van der Waals surface area contributed by atoms with Crippen LogP contribution in [0.3, 0.4) is 0 Å². The fraction of sp³-hybridized carbons (Fsp3) is 0.167. The highest BCUT2D eigenvalue weighted by Gasteiger charge is 2.07. The van der Waals surface area contributed by atoms with Crippen molar-refractivity contribution in [2.45, 2.75) is 13.5 Å². The Bertz CT molecular complexity index is 494. The Morgan fingerprint density at radius 2 is 2.00 bits per heavy atom. The topological polar surface area (TPSA) is 12.0 Å². The van der Waals surface area contributed by atoms with Crippen LogP contribution < -0.4 is 5.32 Å². The van der Waals surface area contributed by atoms with E-state index in [2.05, 4.69) is 5.32 Å². The largest absolute Gasteiger partial charge is 0.378 e. The normalized spacial score (nSPS) is 10.4. The summed E-state index contributed by atoms with van der Waals surface area (Å²) in [5, 5.41) is 2.88. The highest BCUT2D eigenvalue weighted by molar-refractivity contribution is 7.11. The maximum Gasteiger partial charge on any atom is 0.181 e. The van der Waals surface area contributed by atoms with E-state index in [1.54, 1.807) is 11.3 Å². The number of benzene rings is 1. The SMILES string of the molecule is Cc1ccc(CNc2cccc(F)c2F)s1. The second-order valence-corrected chi connectivity index (χ2v) is 4.84. The summed E-state index contributed by atoms with van der Waals surface area (Å²) < 4.78 is 26.2. The standard InChI is InChI=1S/C12H11F2NS/c1-8-5-6-9(16-8)7-15-11-4-2-3-10(13)12(11)14/h2-6,15H,7H2,1H3. The molecule has 0 unspecified atom stereocenters. The van der Waals surface area contributed by atoms with E-state index >= 15 is 0 Å². The van der Waals surface area contributed by atoms with Crippen LogP contribution in [-0.4, -0.2) is 0 Å². The minimum Gasteiger partial charge on any atom is -0.378 e. The number of rotatable bonds is 3. The van der Waals surface area contributed by atoms with Crippen molar-refractivity contribution in [3.05, 3.63) is 51.7 Å². The number of nitrogens with one attached hydrogen (secondary N) is 1. The molecule has 1 aromatic carbocycles. The van der Waals surface area contributed by atoms with Gasteiger partial charge in [-0.25, -0.2) is 8.78 Å². The third kappa shape index (κ3) is 2.39. The lowest BCUT2D eigenvalue weighted by Crippen LogP contribution is -2.01. The average Bonchev–Trinajstić information content (AvgIpc) is 2.67. The molecule has 0 saturated heterocycles. The van der Waals surface area contributed by atoms with Gasteiger partial charge in [0.15, 0.2) is 11.6 Å². The molecule has 4 heteroatoms. The van der Waals surface area contributed by atoms with Gasteiger partial charge in [-0.1, -0.05) is 6.07 Å². The monoisotopic (exact) mass is 239 g/mol. The first-order valence-corrected chi connectivity index (χ1v) is 5.71. The van der Waals surface area contributed by atoms with Crippen molar-refractivity contribution in [1.29, 1.82) is 0 Å². The third-order valence-electron chi connectivity index (χ3n) is 2.20. The van der Waals surface area contributed by atoms with Crippen molar-refractivity contribution < 1.29 is 8.78 Å². The molecule has 16 heavy (non-hydrogen) atoms. The minimum absolute atomic E-state index is 0.200. The molecule has 1 aromatic heterocycles. The van der Waals surface area contributed by atoms with E-state index in [0.29, 0.717) is 6.54 Å². The van der Waals surface area contributed by atoms with Gasteiger partial charge in [0, 0.05) is 16.3 Å². The van der Waals surface area contributed by atoms with Crippen molar-refractivity contribution in [3.8, 4) is 0 Å². The Morgan fingerprint density at radius 1 is 1.19 bits per heavy atom. The average molecular weight is 239 g/mol. The lowest BCUT2D eigenvalue weighted by atomic mass is 10.3. The molecule has 1 heterocycles. The van der Waals surface area contributed by atoms with E-state index in [1.807, 2.05) is 19.1 Å². The van der Waals surface area contributed by atoms with Crippen molar-refractivity contribution in [3.63, 3.8) is 0 Å². The van der Waals surface area contributed by atoms with Crippen molar-refractivity contribution in [1.82, 2.24) is 0 Å². The van der Waals surface area contributed by atoms with Gasteiger partial charge in [-0.15, -0.1) is 11.3 Å². The molecule has 0 bridgehead atoms. The van der Waals surface area contributed by atoms with Crippen LogP contribution in [0.2, 0.25) is 0 Å². The highest BCUT2D eigenvalue weighted by Crippen LogP contribution is 2.20. The summed E-state index contributed by atoms with van der Waals surface area (Å²) in [5.74, 6) is -1.65. The van der Waals surface area contributed by atoms with Gasteiger partial charge in [0.1, 0.15) is 0 Å². The second-order valence-electron chi connectivity index (χ2n) is 3.47. The quantitative estimate of drug-likeness (QED) is 0.855. The zero-order valence-corrected chi connectivity index (χ0v) is 9.57. The van der Waals surface area contributed by atoms with Crippen molar-refractivity contribution in [2.24, 2.45) is 0 Å². The number of hydrogen-bond acceptors (Lipinski definition) is 2. The van der Waals surface area contributed by atoms with E-state index in [4.69, 9.17) is 0 Å². The summed E-state index contributed by atoms with van der Waals surface area (Å²) in [5.41, 5.74) is 0.200. The Labute approximate surface area is 96.7 Å². The smallest absolute Gasteiger partial charge is 0.181 e. The summed E-state index contributed by atoms with van der Waals surface area (Å²) >= 11 is 1.64. The molecule has 2 rings (SSSR count). The second kappa shape index (κ2) is 4.61. The van der Waals surface area contributed by atoms with Crippen molar-refractivity contribution in [2.75, 3.05) is 5.32 Å². The Morgan fingerprint density at radius 3 is 2.69 bits per heavy atom. The molecule has 0 radical (unpaired) electrons. The zero-order valence-electron chi connectivity index (χ0n) is 8.76. The molecule has 2 aromatic rings. The summed E-state index contributed by atoms with van der Waals surface area (Å²) in [6, 6.07) is 8.10. The van der Waals surface area contributed by atoms with Crippen LogP contribution in [-0.2, 0) is 6.54 Å². The lowest BCUT2D eigenvalue weighted by molar-refractivity contribution is 0.511. The molecule has 0 aliphatic heterocycles. The summed E-state index contributed by atoms with van der Waals surface area (Å²) in [6.07, 6.45) is 0. The molecule has 0 fully saturated rings. The Hall–Kier alpha value is -1.42. The molecule has 84 valence electrons. The Kier molecular flexibility index (Phi) is 3.19. The molecule has 0 atom stereocenters. The molecule has 0 saturated carbocycles. The molecule has 0 spiro atoms. The van der Waals surface area contributed by atoms with Gasteiger partial charge in [0.2, 0.25) is 0 Å². The van der Waals surface area contributed by atoms with Crippen LogP contribution in [0, 0.1) is 18.6 Å². The zero-order chi connectivity index (χ0) is 11.5. The predicted molar refractivity (Wildman–Crippen MR) is 62.7 cm³/mol. The first kappa shape index (κ1) is 11.1. The van der Waals surface area contributed by atoms with Crippen LogP contribution >= 0.6 is 11.3 Å². The van der Waals surface area contributed by atoms with Crippen LogP contribution in [0.4, 0.5) is 14.5 Å². The Balaban J connectivity index is 2.07. The number of halogens is 2. The minimum atomic E-state index is -0.827. The van der Waals surface area contributed by atoms with Gasteiger partial charge in [-0.05, 0) is 31.2 Å². The predicted octanol–water partition coefficient (Wildman–Crippen LogP) is 3.95. The highest BCUT2D eigenvalue weighted by atomic mass is 32.1. The summed E-state index contributed by atoms with van der Waals surface area (Å²) in [4.78, 5) is 2.30. The first-order chi connectivity index (χ1) is 7.66. The molecule has 0 aliphatic rings. The maximum atomic E-state index is 13.3. The molecule has 0 aliphatic carbocycles. The van der Waals surface area contributed by atoms with Crippen LogP contribution in [0.5, 0.6) is 0 Å². The number of anilines is 1. The van der Waals surface area contributed by atoms with E-state index in [0.717, 1.165) is 10.9 Å². The fourth-order valence-electron chi connectivity index (χ4n) is 1.40. The van der Waals surface area contributed by atoms with Crippen LogP contribution in [0.15, 0.2) is 30.3 Å². The summed E-state index contributed by atoms with van der Waals surface area (Å²) in [7, 11) is 0. The van der Waals surface area contributed by atoms with E-state index < -0.39 is 11.6 Å². The molecular formula is C12H11F2NS. The molecule has 1 N–H and O–H groups in total. The van der Waals surface area contributed by atoms with Gasteiger partial charge >= 0.3 is 0 Å². The van der Waals surface area contributed by atoms with Crippen LogP contribution in [0.25, 0.3) is 0 Å². The van der Waals surface area contributed by atoms with Gasteiger partial charge < -0.3 is 5.32 Å². The van der Waals surface area contributed by atoms with Gasteiger partial charge in [-0.2, -0.15) is 0 Å². The molecule has 1 nitrogen and oxygen atoms in total. The number of aryl methyl sites for hydroxylation is 1. The van der Waals surface area contributed by atoms with Gasteiger partial charge in [0.25, 0.3) is 0 Å². The van der Waals surface area contributed by atoms with Gasteiger partial charge in [0.05, 0.1) is 5.69 Å². The first-order valence-electron chi connectivity index (χ1n) is 4.90. The van der Waals surface area contributed by atoms with E-state index in [-0.39, 0.29) is 5.69 Å². The lowest BCUT2D eigenvalue weighted by Gasteiger charge is -2.06. The fourth-order valence-corrected chi connectivity index (χ4v) is 2.23. The molecule has 0 amide bonds. The van der Waals surface area contributed by atoms with E-state index in [1.165, 1.54) is 17.0 Å². The molecular weight excluding hydrogens is 228 g/mol. The van der Waals surface area contributed by atoms with Crippen LogP contribution in [0.1, 0.15) is 9.75 Å². The summed E-state index contributed by atoms with van der Waals surface area (Å²) in [6.45, 7) is 2.52. The third-order valence-corrected chi connectivity index (χ3v) is 3.20. The number of hydrogen-bond donors (Lipinski definition) is 1. The van der Waals surface area contributed by atoms with Crippen molar-refractivity contribution >= 4 is 17.0 Å². The maximum absolute atomic E-state index is 13.3.